The summed E-state index contributed by atoms with van der Waals surface area (Å²) in [5.74, 6) is -5.56. The number of aromatic nitrogens is 1. The van der Waals surface area contributed by atoms with Crippen molar-refractivity contribution < 1.29 is 35.5 Å². The minimum Gasteiger partial charge on any atom is -0.464 e. The van der Waals surface area contributed by atoms with E-state index in [0.717, 1.165) is 13.2 Å². The van der Waals surface area contributed by atoms with Crippen molar-refractivity contribution in [1.82, 2.24) is 9.29 Å². The molecule has 1 aromatic rings. The summed E-state index contributed by atoms with van der Waals surface area (Å²) >= 11 is 0. The number of sulfonamides is 1. The Morgan fingerprint density at radius 1 is 1.42 bits per heavy atom. The van der Waals surface area contributed by atoms with E-state index in [-0.39, 0.29) is 0 Å². The van der Waals surface area contributed by atoms with Crippen molar-refractivity contribution in [3.63, 3.8) is 0 Å². The Morgan fingerprint density at radius 2 is 2.00 bits per heavy atom. The van der Waals surface area contributed by atoms with Crippen molar-refractivity contribution >= 4 is 16.0 Å². The maximum atomic E-state index is 13.3. The predicted octanol–water partition coefficient (Wildman–Crippen LogP) is 2.25. The van der Waals surface area contributed by atoms with Gasteiger partial charge in [0.05, 0.1) is 13.7 Å². The fraction of sp³-hybridized carbons (Fsp3) is 0.615. The van der Waals surface area contributed by atoms with Gasteiger partial charge >= 0.3 is 18.3 Å². The van der Waals surface area contributed by atoms with Crippen molar-refractivity contribution in [2.24, 2.45) is 0 Å². The number of hydrogen-bond donors (Lipinski definition) is 1. The Bertz CT molecular complexity index is 688. The number of methoxy groups -OCH3 is 1. The van der Waals surface area contributed by atoms with E-state index in [9.17, 15) is 30.8 Å². The first-order chi connectivity index (χ1) is 10.9. The molecule has 1 rings (SSSR count). The number of hydrogen-bond acceptors (Lipinski definition) is 4. The zero-order chi connectivity index (χ0) is 18.7. The van der Waals surface area contributed by atoms with E-state index >= 15 is 0 Å². The molecule has 0 aromatic carbocycles. The van der Waals surface area contributed by atoms with Crippen molar-refractivity contribution in [2.45, 2.75) is 50.1 Å². The van der Waals surface area contributed by atoms with Crippen molar-refractivity contribution in [3.8, 4) is 0 Å². The topological polar surface area (TPSA) is 77.4 Å². The summed E-state index contributed by atoms with van der Waals surface area (Å²) in [4.78, 5) is 11.1. The van der Waals surface area contributed by atoms with E-state index in [1.807, 2.05) is 0 Å². The summed E-state index contributed by atoms with van der Waals surface area (Å²) in [5, 5.41) is 0. The molecule has 1 heterocycles. The number of halogens is 4. The largest absolute Gasteiger partial charge is 0.464 e. The van der Waals surface area contributed by atoms with E-state index in [1.165, 1.54) is 0 Å². The van der Waals surface area contributed by atoms with Gasteiger partial charge in [0.15, 0.2) is 0 Å². The van der Waals surface area contributed by atoms with Gasteiger partial charge in [0.25, 0.3) is 0 Å². The Kier molecular flexibility index (Phi) is 6.39. The lowest BCUT2D eigenvalue weighted by Crippen LogP contribution is -2.33. The monoisotopic (exact) mass is 374 g/mol. The van der Waals surface area contributed by atoms with E-state index < -0.39 is 51.5 Å². The molecule has 0 aliphatic heterocycles. The number of alkyl halides is 4. The average molecular weight is 374 g/mol. The standard InChI is InChI=1S/C13H18F4N2O4S/c1-4-8(2)18-24(21,22)9-5-10(11(20)23-3)19(6-9)7-13(16,17)12(14)15/h5-6,8,12,18H,4,7H2,1-3H3/t8-/m1/s1. The predicted molar refractivity (Wildman–Crippen MR) is 76.8 cm³/mol. The van der Waals surface area contributed by atoms with E-state index in [1.54, 1.807) is 13.8 Å². The highest BCUT2D eigenvalue weighted by molar-refractivity contribution is 7.89. The van der Waals surface area contributed by atoms with E-state index in [2.05, 4.69) is 9.46 Å². The summed E-state index contributed by atoms with van der Waals surface area (Å²) in [5.41, 5.74) is -0.567. The number of esters is 1. The van der Waals surface area contributed by atoms with Gasteiger partial charge in [-0.2, -0.15) is 8.78 Å². The molecule has 11 heteroatoms. The van der Waals surface area contributed by atoms with Crippen LogP contribution in [0.15, 0.2) is 17.2 Å². The van der Waals surface area contributed by atoms with Crippen LogP contribution in [-0.4, -0.2) is 44.5 Å². The summed E-state index contributed by atoms with van der Waals surface area (Å²) in [6.07, 6.45) is -2.80. The molecule has 0 bridgehead atoms. The summed E-state index contributed by atoms with van der Waals surface area (Å²) in [6, 6.07) is 0.361. The minimum absolute atomic E-state index is 0.442. The third-order valence-electron chi connectivity index (χ3n) is 3.25. The number of nitrogens with zero attached hydrogens (tertiary/aromatic N) is 1. The second-order valence-corrected chi connectivity index (χ2v) is 6.89. The molecule has 0 spiro atoms. The summed E-state index contributed by atoms with van der Waals surface area (Å²) < 4.78 is 82.7. The quantitative estimate of drug-likeness (QED) is 0.559. The molecule has 0 unspecified atom stereocenters. The number of carbonyl (C=O) groups is 1. The van der Waals surface area contributed by atoms with E-state index in [4.69, 9.17) is 0 Å². The van der Waals surface area contributed by atoms with Gasteiger partial charge in [0.1, 0.15) is 10.6 Å². The second kappa shape index (κ2) is 7.51. The Hall–Kier alpha value is -1.62. The van der Waals surface area contributed by atoms with E-state index in [0.29, 0.717) is 17.2 Å². The van der Waals surface area contributed by atoms with Gasteiger partial charge in [0.2, 0.25) is 10.0 Å². The maximum Gasteiger partial charge on any atom is 0.354 e. The fourth-order valence-corrected chi connectivity index (χ4v) is 3.11. The lowest BCUT2D eigenvalue weighted by molar-refractivity contribution is -0.137. The molecule has 1 atom stereocenters. The maximum absolute atomic E-state index is 13.3. The molecule has 138 valence electrons. The molecule has 1 N–H and O–H groups in total. The molecule has 6 nitrogen and oxygen atoms in total. The van der Waals surface area contributed by atoms with Crippen LogP contribution in [0.4, 0.5) is 17.6 Å². The van der Waals surface area contributed by atoms with Gasteiger partial charge in [0, 0.05) is 12.2 Å². The highest BCUT2D eigenvalue weighted by Gasteiger charge is 2.42. The first kappa shape index (κ1) is 20.4. The van der Waals surface area contributed by atoms with Crippen LogP contribution in [0.1, 0.15) is 30.8 Å². The highest BCUT2D eigenvalue weighted by Crippen LogP contribution is 2.27. The number of nitrogens with one attached hydrogen (secondary N) is 1. The van der Waals surface area contributed by atoms with Crippen LogP contribution in [0.3, 0.4) is 0 Å². The van der Waals surface area contributed by atoms with Crippen LogP contribution in [0.25, 0.3) is 0 Å². The van der Waals surface area contributed by atoms with Crippen molar-refractivity contribution in [2.75, 3.05) is 7.11 Å². The smallest absolute Gasteiger partial charge is 0.354 e. The SMILES string of the molecule is CC[C@@H](C)NS(=O)(=O)c1cc(C(=O)OC)n(CC(F)(F)C(F)F)c1. The summed E-state index contributed by atoms with van der Waals surface area (Å²) in [7, 11) is -3.15. The van der Waals surface area contributed by atoms with Crippen LogP contribution in [0.2, 0.25) is 0 Å². The van der Waals surface area contributed by atoms with Crippen LogP contribution < -0.4 is 4.72 Å². The second-order valence-electron chi connectivity index (χ2n) is 5.17. The fourth-order valence-electron chi connectivity index (χ4n) is 1.75. The lowest BCUT2D eigenvalue weighted by Gasteiger charge is -2.17. The molecule has 1 aromatic heterocycles. The molecule has 0 aliphatic carbocycles. The van der Waals surface area contributed by atoms with Crippen molar-refractivity contribution in [1.29, 1.82) is 0 Å². The number of rotatable bonds is 8. The van der Waals surface area contributed by atoms with Crippen LogP contribution in [0.5, 0.6) is 0 Å². The van der Waals surface area contributed by atoms with Gasteiger partial charge in [-0.3, -0.25) is 0 Å². The summed E-state index contributed by atoms with van der Waals surface area (Å²) in [6.45, 7) is 1.75. The molecule has 0 saturated heterocycles. The molecule has 0 amide bonds. The number of ether oxygens (including phenoxy) is 1. The molecule has 0 radical (unpaired) electrons. The van der Waals surface area contributed by atoms with Crippen molar-refractivity contribution in [3.05, 3.63) is 18.0 Å². The molecule has 0 aliphatic rings. The van der Waals surface area contributed by atoms with Gasteiger partial charge in [-0.25, -0.2) is 26.7 Å². The van der Waals surface area contributed by atoms with Crippen LogP contribution >= 0.6 is 0 Å². The van der Waals surface area contributed by atoms with Crippen LogP contribution in [-0.2, 0) is 21.3 Å². The Balaban J connectivity index is 3.30. The molecule has 0 saturated carbocycles. The molecular formula is C13H18F4N2O4S. The highest BCUT2D eigenvalue weighted by atomic mass is 32.2. The Morgan fingerprint density at radius 3 is 2.46 bits per heavy atom. The van der Waals surface area contributed by atoms with Crippen LogP contribution in [0, 0.1) is 0 Å². The molecule has 0 fully saturated rings. The first-order valence-corrected chi connectivity index (χ1v) is 8.39. The third kappa shape index (κ3) is 4.69. The average Bonchev–Trinajstić information content (AvgIpc) is 2.89. The zero-order valence-corrected chi connectivity index (χ0v) is 14.0. The lowest BCUT2D eigenvalue weighted by atomic mass is 10.3. The normalized spacial score (nSPS) is 14.0. The zero-order valence-electron chi connectivity index (χ0n) is 13.2. The van der Waals surface area contributed by atoms with Gasteiger partial charge in [-0.15, -0.1) is 0 Å². The minimum atomic E-state index is -4.44. The Labute approximate surface area is 136 Å². The first-order valence-electron chi connectivity index (χ1n) is 6.91. The number of carbonyl (C=O) groups excluding carboxylic acids is 1. The van der Waals surface area contributed by atoms with Gasteiger partial charge in [-0.1, -0.05) is 6.92 Å². The molecular weight excluding hydrogens is 356 g/mol. The van der Waals surface area contributed by atoms with Gasteiger partial charge < -0.3 is 9.30 Å². The molecule has 24 heavy (non-hydrogen) atoms. The van der Waals surface area contributed by atoms with Gasteiger partial charge in [-0.05, 0) is 19.4 Å². The third-order valence-corrected chi connectivity index (χ3v) is 4.80.